The Morgan fingerprint density at radius 3 is 2.75 bits per heavy atom. The van der Waals surface area contributed by atoms with Crippen LogP contribution in [0.4, 0.5) is 0 Å². The highest BCUT2D eigenvalue weighted by molar-refractivity contribution is 7.99. The number of primary amides is 1. The molecule has 1 aromatic rings. The lowest BCUT2D eigenvalue weighted by Gasteiger charge is -2.13. The molecule has 5 heteroatoms. The Kier molecular flexibility index (Phi) is 5.73. The van der Waals surface area contributed by atoms with Crippen molar-refractivity contribution in [2.75, 3.05) is 12.9 Å². The van der Waals surface area contributed by atoms with Crippen LogP contribution < -0.4 is 15.8 Å². The lowest BCUT2D eigenvalue weighted by molar-refractivity contribution is -0.119. The molecule has 1 aliphatic carbocycles. The van der Waals surface area contributed by atoms with Crippen molar-refractivity contribution in [3.05, 3.63) is 29.8 Å². The topological polar surface area (TPSA) is 64.3 Å². The Hall–Kier alpha value is -1.20. The molecule has 1 aromatic carbocycles. The van der Waals surface area contributed by atoms with Crippen LogP contribution in [0.15, 0.2) is 24.3 Å². The van der Waals surface area contributed by atoms with Gasteiger partial charge in [0.1, 0.15) is 5.75 Å². The zero-order valence-electron chi connectivity index (χ0n) is 11.8. The van der Waals surface area contributed by atoms with Gasteiger partial charge in [0, 0.05) is 17.8 Å². The smallest absolute Gasteiger partial charge is 0.255 e. The van der Waals surface area contributed by atoms with Crippen molar-refractivity contribution >= 4 is 17.7 Å². The number of nitrogens with two attached hydrogens (primary N) is 1. The molecule has 110 valence electrons. The third-order valence-corrected chi connectivity index (χ3v) is 4.71. The maximum absolute atomic E-state index is 10.6. The zero-order valence-corrected chi connectivity index (χ0v) is 12.6. The molecule has 0 saturated heterocycles. The van der Waals surface area contributed by atoms with Crippen molar-refractivity contribution in [1.29, 1.82) is 0 Å². The number of benzene rings is 1. The van der Waals surface area contributed by atoms with Crippen LogP contribution in [0.5, 0.6) is 5.75 Å². The highest BCUT2D eigenvalue weighted by atomic mass is 32.2. The van der Waals surface area contributed by atoms with Crippen LogP contribution in [-0.2, 0) is 11.3 Å². The summed E-state index contributed by atoms with van der Waals surface area (Å²) in [7, 11) is 0. The fraction of sp³-hybridized carbons (Fsp3) is 0.533. The van der Waals surface area contributed by atoms with E-state index in [9.17, 15) is 4.79 Å². The standard InChI is InChI=1S/C15H22N2O2S/c1-20-14-7-4-12(8-14)17-9-11-2-5-13(6-3-11)19-10-15(16)18/h2-3,5-6,12,14,17H,4,7-10H2,1H3,(H2,16,18). The maximum Gasteiger partial charge on any atom is 0.255 e. The number of carbonyl (C=O) groups is 1. The first-order chi connectivity index (χ1) is 9.67. The molecular weight excluding hydrogens is 272 g/mol. The molecule has 20 heavy (non-hydrogen) atoms. The number of carbonyl (C=O) groups excluding carboxylic acids is 1. The van der Waals surface area contributed by atoms with Crippen LogP contribution in [0, 0.1) is 0 Å². The monoisotopic (exact) mass is 294 g/mol. The third-order valence-electron chi connectivity index (χ3n) is 3.62. The first kappa shape index (κ1) is 15.2. The highest BCUT2D eigenvalue weighted by Crippen LogP contribution is 2.28. The van der Waals surface area contributed by atoms with Gasteiger partial charge >= 0.3 is 0 Å². The van der Waals surface area contributed by atoms with Gasteiger partial charge in [0.2, 0.25) is 0 Å². The van der Waals surface area contributed by atoms with Gasteiger partial charge < -0.3 is 15.8 Å². The van der Waals surface area contributed by atoms with Crippen LogP contribution in [0.2, 0.25) is 0 Å². The molecule has 1 saturated carbocycles. The summed E-state index contributed by atoms with van der Waals surface area (Å²) in [6.45, 7) is 0.803. The van der Waals surface area contributed by atoms with Crippen molar-refractivity contribution in [2.45, 2.75) is 37.1 Å². The summed E-state index contributed by atoms with van der Waals surface area (Å²) in [4.78, 5) is 10.6. The first-order valence-electron chi connectivity index (χ1n) is 6.93. The number of rotatable bonds is 7. The van der Waals surface area contributed by atoms with E-state index in [1.165, 1.54) is 24.8 Å². The third kappa shape index (κ3) is 4.72. The van der Waals surface area contributed by atoms with E-state index in [1.807, 2.05) is 36.0 Å². The minimum Gasteiger partial charge on any atom is -0.484 e. The van der Waals surface area contributed by atoms with E-state index in [-0.39, 0.29) is 6.61 Å². The Morgan fingerprint density at radius 1 is 1.40 bits per heavy atom. The van der Waals surface area contributed by atoms with Gasteiger partial charge in [-0.2, -0.15) is 11.8 Å². The minimum absolute atomic E-state index is 0.0737. The fourth-order valence-electron chi connectivity index (χ4n) is 2.46. The summed E-state index contributed by atoms with van der Waals surface area (Å²) in [6, 6.07) is 8.42. The quantitative estimate of drug-likeness (QED) is 0.806. The van der Waals surface area contributed by atoms with E-state index in [2.05, 4.69) is 11.6 Å². The molecule has 4 nitrogen and oxygen atoms in total. The molecule has 3 N–H and O–H groups in total. The molecular formula is C15H22N2O2S. The summed E-state index contributed by atoms with van der Waals surface area (Å²) >= 11 is 1.97. The largest absolute Gasteiger partial charge is 0.484 e. The van der Waals surface area contributed by atoms with Gasteiger partial charge in [0.05, 0.1) is 0 Å². The second-order valence-corrected chi connectivity index (χ2v) is 6.29. The molecule has 2 atom stereocenters. The van der Waals surface area contributed by atoms with E-state index in [4.69, 9.17) is 10.5 Å². The summed E-state index contributed by atoms with van der Waals surface area (Å²) in [5.74, 6) is 0.219. The number of hydrogen-bond acceptors (Lipinski definition) is 4. The van der Waals surface area contributed by atoms with E-state index in [0.29, 0.717) is 11.8 Å². The average Bonchev–Trinajstić information content (AvgIpc) is 2.92. The average molecular weight is 294 g/mol. The number of thioether (sulfide) groups is 1. The first-order valence-corrected chi connectivity index (χ1v) is 8.22. The van der Waals surface area contributed by atoms with E-state index in [1.54, 1.807) is 0 Å². The lowest BCUT2D eigenvalue weighted by atomic mass is 10.2. The van der Waals surface area contributed by atoms with Crippen molar-refractivity contribution in [2.24, 2.45) is 5.73 Å². The van der Waals surface area contributed by atoms with Gasteiger partial charge in [-0.1, -0.05) is 12.1 Å². The molecule has 0 aliphatic heterocycles. The second-order valence-electron chi connectivity index (χ2n) is 5.15. The number of hydrogen-bond donors (Lipinski definition) is 2. The van der Waals surface area contributed by atoms with Gasteiger partial charge in [-0.05, 0) is 43.2 Å². The van der Waals surface area contributed by atoms with Crippen LogP contribution in [0.3, 0.4) is 0 Å². The van der Waals surface area contributed by atoms with Crippen molar-refractivity contribution in [3.8, 4) is 5.75 Å². The van der Waals surface area contributed by atoms with E-state index in [0.717, 1.165) is 11.8 Å². The Morgan fingerprint density at radius 2 is 2.15 bits per heavy atom. The van der Waals surface area contributed by atoms with E-state index >= 15 is 0 Å². The van der Waals surface area contributed by atoms with Crippen LogP contribution in [-0.4, -0.2) is 30.1 Å². The minimum atomic E-state index is -0.458. The van der Waals surface area contributed by atoms with Crippen molar-refractivity contribution in [1.82, 2.24) is 5.32 Å². The van der Waals surface area contributed by atoms with Crippen molar-refractivity contribution < 1.29 is 9.53 Å². The van der Waals surface area contributed by atoms with Gasteiger partial charge in [0.15, 0.2) is 6.61 Å². The molecule has 0 heterocycles. The molecule has 1 amide bonds. The number of amides is 1. The molecule has 0 radical (unpaired) electrons. The van der Waals surface area contributed by atoms with Crippen LogP contribution in [0.1, 0.15) is 24.8 Å². The summed E-state index contributed by atoms with van der Waals surface area (Å²) in [5, 5.41) is 4.42. The Balaban J connectivity index is 1.75. The predicted molar refractivity (Wildman–Crippen MR) is 82.9 cm³/mol. The molecule has 0 bridgehead atoms. The Labute approximate surface area is 124 Å². The molecule has 0 spiro atoms. The van der Waals surface area contributed by atoms with Crippen LogP contribution in [0.25, 0.3) is 0 Å². The summed E-state index contributed by atoms with van der Waals surface area (Å²) < 4.78 is 5.23. The van der Waals surface area contributed by atoms with Gasteiger partial charge in [0.25, 0.3) is 5.91 Å². The highest BCUT2D eigenvalue weighted by Gasteiger charge is 2.23. The second kappa shape index (κ2) is 7.55. The maximum atomic E-state index is 10.6. The van der Waals surface area contributed by atoms with Crippen LogP contribution >= 0.6 is 11.8 Å². The van der Waals surface area contributed by atoms with Gasteiger partial charge in [-0.25, -0.2) is 0 Å². The Bertz CT molecular complexity index is 436. The molecule has 1 aliphatic rings. The normalized spacial score (nSPS) is 21.9. The van der Waals surface area contributed by atoms with E-state index < -0.39 is 5.91 Å². The van der Waals surface area contributed by atoms with Gasteiger partial charge in [-0.15, -0.1) is 0 Å². The number of nitrogens with one attached hydrogen (secondary N) is 1. The van der Waals surface area contributed by atoms with Gasteiger partial charge in [-0.3, -0.25) is 4.79 Å². The fourth-order valence-corrected chi connectivity index (χ4v) is 3.26. The summed E-state index contributed by atoms with van der Waals surface area (Å²) in [5.41, 5.74) is 6.26. The molecule has 2 rings (SSSR count). The SMILES string of the molecule is CSC1CCC(NCc2ccc(OCC(N)=O)cc2)C1. The van der Waals surface area contributed by atoms with Crippen molar-refractivity contribution in [3.63, 3.8) is 0 Å². The molecule has 2 unspecified atom stereocenters. The number of ether oxygens (including phenoxy) is 1. The molecule has 1 fully saturated rings. The lowest BCUT2D eigenvalue weighted by Crippen LogP contribution is -2.26. The molecule has 0 aromatic heterocycles. The summed E-state index contributed by atoms with van der Waals surface area (Å²) in [6.07, 6.45) is 6.04. The zero-order chi connectivity index (χ0) is 14.4. The predicted octanol–water partition coefficient (Wildman–Crippen LogP) is 1.92.